The van der Waals surface area contributed by atoms with Gasteiger partial charge in [0.25, 0.3) is 5.91 Å². The lowest BCUT2D eigenvalue weighted by Crippen LogP contribution is -2.43. The summed E-state index contributed by atoms with van der Waals surface area (Å²) in [5, 5.41) is 2.86. The molecule has 4 rings (SSSR count). The number of carbonyl (C=O) groups is 3. The van der Waals surface area contributed by atoms with Gasteiger partial charge >= 0.3 is 12.0 Å². The van der Waals surface area contributed by atoms with Gasteiger partial charge in [-0.2, -0.15) is 0 Å². The molecule has 0 spiro atoms. The topological polar surface area (TPSA) is 79.0 Å². The minimum atomic E-state index is -0.364. The third-order valence-electron chi connectivity index (χ3n) is 5.95. The second kappa shape index (κ2) is 9.20. The first-order valence-electron chi connectivity index (χ1n) is 10.7. The van der Waals surface area contributed by atoms with Gasteiger partial charge in [-0.15, -0.1) is 0 Å². The molecule has 2 aliphatic heterocycles. The number of hydrogen-bond donors (Lipinski definition) is 1. The second-order valence-corrected chi connectivity index (χ2v) is 8.11. The van der Waals surface area contributed by atoms with Crippen LogP contribution in [-0.4, -0.2) is 48.5 Å². The largest absolute Gasteiger partial charge is 0.455 e. The quantitative estimate of drug-likeness (QED) is 0.767. The van der Waals surface area contributed by atoms with Crippen LogP contribution >= 0.6 is 0 Å². The van der Waals surface area contributed by atoms with Crippen LogP contribution in [0.25, 0.3) is 0 Å². The predicted octanol–water partition coefficient (Wildman–Crippen LogP) is 3.45. The van der Waals surface area contributed by atoms with E-state index in [1.165, 1.54) is 0 Å². The summed E-state index contributed by atoms with van der Waals surface area (Å²) in [5.41, 5.74) is 2.77. The molecule has 1 atom stereocenters. The minimum absolute atomic E-state index is 0.0509. The fourth-order valence-electron chi connectivity index (χ4n) is 4.31. The molecule has 2 aromatic carbocycles. The number of carbonyl (C=O) groups excluding carboxylic acids is 3. The number of esters is 1. The highest BCUT2D eigenvalue weighted by Gasteiger charge is 2.33. The van der Waals surface area contributed by atoms with E-state index in [0.29, 0.717) is 25.9 Å². The van der Waals surface area contributed by atoms with E-state index in [9.17, 15) is 14.4 Å². The maximum Gasteiger partial charge on any atom is 0.321 e. The molecule has 2 aromatic rings. The SMILES string of the molecule is C[C@@H]1Cc2ccccc2N1C(=O)COC(=O)C1CCN(C(=O)Nc2ccccc2)CC1. The molecule has 0 saturated carbocycles. The lowest BCUT2D eigenvalue weighted by molar-refractivity contribution is -0.153. The molecule has 0 aliphatic carbocycles. The maximum absolute atomic E-state index is 12.7. The summed E-state index contributed by atoms with van der Waals surface area (Å²) in [4.78, 5) is 41.0. The fraction of sp³-hybridized carbons (Fsp3) is 0.375. The molecule has 0 aromatic heterocycles. The van der Waals surface area contributed by atoms with Crippen LogP contribution in [-0.2, 0) is 20.7 Å². The number of benzene rings is 2. The normalized spacial score (nSPS) is 18.4. The Kier molecular flexibility index (Phi) is 6.21. The second-order valence-electron chi connectivity index (χ2n) is 8.11. The minimum Gasteiger partial charge on any atom is -0.455 e. The van der Waals surface area contributed by atoms with Crippen molar-refractivity contribution >= 4 is 29.3 Å². The highest BCUT2D eigenvalue weighted by atomic mass is 16.5. The molecule has 162 valence electrons. The molecule has 7 heteroatoms. The third-order valence-corrected chi connectivity index (χ3v) is 5.95. The Morgan fingerprint density at radius 2 is 1.68 bits per heavy atom. The van der Waals surface area contributed by atoms with Gasteiger partial charge in [-0.25, -0.2) is 4.79 Å². The van der Waals surface area contributed by atoms with Crippen molar-refractivity contribution in [1.82, 2.24) is 4.90 Å². The zero-order valence-corrected chi connectivity index (χ0v) is 17.6. The number of amides is 3. The Labute approximate surface area is 182 Å². The summed E-state index contributed by atoms with van der Waals surface area (Å²) in [6, 6.07) is 17.0. The highest BCUT2D eigenvalue weighted by molar-refractivity contribution is 5.97. The number of likely N-dealkylation sites (tertiary alicyclic amines) is 1. The summed E-state index contributed by atoms with van der Waals surface area (Å²) in [6.45, 7) is 2.69. The molecule has 2 heterocycles. The number of nitrogens with zero attached hydrogens (tertiary/aromatic N) is 2. The molecule has 0 unspecified atom stereocenters. The van der Waals surface area contributed by atoms with E-state index >= 15 is 0 Å². The van der Waals surface area contributed by atoms with Gasteiger partial charge in [-0.1, -0.05) is 36.4 Å². The van der Waals surface area contributed by atoms with Crippen molar-refractivity contribution < 1.29 is 19.1 Å². The Morgan fingerprint density at radius 3 is 2.42 bits per heavy atom. The van der Waals surface area contributed by atoms with Gasteiger partial charge in [0.2, 0.25) is 0 Å². The lowest BCUT2D eigenvalue weighted by atomic mass is 9.97. The summed E-state index contributed by atoms with van der Waals surface area (Å²) >= 11 is 0. The Balaban J connectivity index is 1.24. The summed E-state index contributed by atoms with van der Waals surface area (Å²) in [7, 11) is 0. The average molecular weight is 421 g/mol. The van der Waals surface area contributed by atoms with Crippen molar-refractivity contribution in [2.45, 2.75) is 32.2 Å². The van der Waals surface area contributed by atoms with Crippen LogP contribution in [0.5, 0.6) is 0 Å². The monoisotopic (exact) mass is 421 g/mol. The lowest BCUT2D eigenvalue weighted by Gasteiger charge is -2.31. The first-order chi connectivity index (χ1) is 15.0. The predicted molar refractivity (Wildman–Crippen MR) is 118 cm³/mol. The molecule has 1 fully saturated rings. The van der Waals surface area contributed by atoms with Crippen molar-refractivity contribution in [3.05, 3.63) is 60.2 Å². The van der Waals surface area contributed by atoms with Crippen LogP contribution < -0.4 is 10.2 Å². The smallest absolute Gasteiger partial charge is 0.321 e. The summed E-state index contributed by atoms with van der Waals surface area (Å²) in [6.07, 6.45) is 1.86. The van der Waals surface area contributed by atoms with Crippen molar-refractivity contribution in [1.29, 1.82) is 0 Å². The van der Waals surface area contributed by atoms with Gasteiger partial charge in [0, 0.05) is 30.5 Å². The van der Waals surface area contributed by atoms with Crippen LogP contribution in [0.3, 0.4) is 0 Å². The number of anilines is 2. The summed E-state index contributed by atoms with van der Waals surface area (Å²) in [5.74, 6) is -0.862. The van der Waals surface area contributed by atoms with Crippen LogP contribution in [0.2, 0.25) is 0 Å². The van der Waals surface area contributed by atoms with Crippen molar-refractivity contribution in [2.24, 2.45) is 5.92 Å². The molecular weight excluding hydrogens is 394 g/mol. The van der Waals surface area contributed by atoms with E-state index in [4.69, 9.17) is 4.74 Å². The van der Waals surface area contributed by atoms with Gasteiger partial charge in [-0.05, 0) is 49.9 Å². The molecule has 2 aliphatic rings. The van der Waals surface area contributed by atoms with E-state index < -0.39 is 0 Å². The van der Waals surface area contributed by atoms with Gasteiger partial charge < -0.3 is 19.9 Å². The van der Waals surface area contributed by atoms with Gasteiger partial charge in [-0.3, -0.25) is 9.59 Å². The van der Waals surface area contributed by atoms with E-state index in [1.807, 2.05) is 61.5 Å². The Hall–Kier alpha value is -3.35. The number of fused-ring (bicyclic) bond motifs is 1. The molecule has 0 radical (unpaired) electrons. The first-order valence-corrected chi connectivity index (χ1v) is 10.7. The van der Waals surface area contributed by atoms with E-state index in [2.05, 4.69) is 5.32 Å². The van der Waals surface area contributed by atoms with Crippen LogP contribution in [0.15, 0.2) is 54.6 Å². The molecule has 0 bridgehead atoms. The Morgan fingerprint density at radius 1 is 1.00 bits per heavy atom. The molecule has 7 nitrogen and oxygen atoms in total. The first kappa shape index (κ1) is 20.9. The molecule has 31 heavy (non-hydrogen) atoms. The standard InChI is InChI=1S/C24H27N3O4/c1-17-15-19-7-5-6-10-21(19)27(17)22(28)16-31-23(29)18-11-13-26(14-12-18)24(30)25-20-8-3-2-4-9-20/h2-10,17-18H,11-16H2,1H3,(H,25,30)/t17-/m1/s1. The zero-order valence-electron chi connectivity index (χ0n) is 17.6. The van der Waals surface area contributed by atoms with Crippen LogP contribution in [0.1, 0.15) is 25.3 Å². The Bertz CT molecular complexity index is 954. The number of nitrogens with one attached hydrogen (secondary N) is 1. The zero-order chi connectivity index (χ0) is 21.8. The maximum atomic E-state index is 12.7. The van der Waals surface area contributed by atoms with Crippen molar-refractivity contribution in [3.8, 4) is 0 Å². The summed E-state index contributed by atoms with van der Waals surface area (Å²) < 4.78 is 5.36. The molecule has 1 saturated heterocycles. The number of hydrogen-bond acceptors (Lipinski definition) is 4. The van der Waals surface area contributed by atoms with E-state index in [-0.39, 0.29) is 36.5 Å². The number of piperidine rings is 1. The number of ether oxygens (including phenoxy) is 1. The molecular formula is C24H27N3O4. The molecule has 3 amide bonds. The third kappa shape index (κ3) is 4.71. The van der Waals surface area contributed by atoms with E-state index in [1.54, 1.807) is 9.80 Å². The highest BCUT2D eigenvalue weighted by Crippen LogP contribution is 2.31. The fourth-order valence-corrected chi connectivity index (χ4v) is 4.31. The van der Waals surface area contributed by atoms with Gasteiger partial charge in [0.05, 0.1) is 5.92 Å². The van der Waals surface area contributed by atoms with Crippen molar-refractivity contribution in [2.75, 3.05) is 29.9 Å². The van der Waals surface area contributed by atoms with Crippen molar-refractivity contribution in [3.63, 3.8) is 0 Å². The average Bonchev–Trinajstić information content (AvgIpc) is 3.13. The number of para-hydroxylation sites is 2. The van der Waals surface area contributed by atoms with Gasteiger partial charge in [0.1, 0.15) is 0 Å². The van der Waals surface area contributed by atoms with Crippen LogP contribution in [0.4, 0.5) is 16.2 Å². The van der Waals surface area contributed by atoms with Gasteiger partial charge in [0.15, 0.2) is 6.61 Å². The molecule has 1 N–H and O–H groups in total. The number of rotatable bonds is 4. The van der Waals surface area contributed by atoms with Crippen LogP contribution in [0, 0.1) is 5.92 Å². The number of urea groups is 1. The van der Waals surface area contributed by atoms with E-state index in [0.717, 1.165) is 23.4 Å².